The number of fused-ring (bicyclic) bond motifs is 1. The van der Waals surface area contributed by atoms with Crippen molar-refractivity contribution < 1.29 is 19.4 Å². The second-order valence-corrected chi connectivity index (χ2v) is 8.50. The van der Waals surface area contributed by atoms with Crippen LogP contribution in [0.25, 0.3) is 0 Å². The summed E-state index contributed by atoms with van der Waals surface area (Å²) in [6.07, 6.45) is 3.85. The number of ether oxygens (including phenoxy) is 2. The van der Waals surface area contributed by atoms with Crippen molar-refractivity contribution in [3.8, 4) is 17.4 Å². The Morgan fingerprint density at radius 1 is 1.22 bits per heavy atom. The number of aromatic nitrogens is 1. The van der Waals surface area contributed by atoms with Crippen LogP contribution in [-0.2, 0) is 11.2 Å². The molecule has 1 aromatic heterocycles. The zero-order valence-electron chi connectivity index (χ0n) is 18.0. The van der Waals surface area contributed by atoms with Gasteiger partial charge in [0.15, 0.2) is 0 Å². The van der Waals surface area contributed by atoms with Crippen LogP contribution >= 0.6 is 0 Å². The number of piperazine rings is 1. The van der Waals surface area contributed by atoms with E-state index in [4.69, 9.17) is 14.6 Å². The van der Waals surface area contributed by atoms with Gasteiger partial charge in [-0.2, -0.15) is 0 Å². The van der Waals surface area contributed by atoms with Crippen LogP contribution in [0.2, 0.25) is 0 Å². The van der Waals surface area contributed by atoms with Crippen molar-refractivity contribution in [1.82, 2.24) is 25.6 Å². The van der Waals surface area contributed by atoms with E-state index in [2.05, 4.69) is 26.8 Å². The third-order valence-corrected chi connectivity index (χ3v) is 6.32. The van der Waals surface area contributed by atoms with E-state index in [9.17, 15) is 4.79 Å². The lowest BCUT2D eigenvalue weighted by Crippen LogP contribution is -2.51. The van der Waals surface area contributed by atoms with Crippen LogP contribution in [0, 0.1) is 0 Å². The Kier molecular flexibility index (Phi) is 6.22. The maximum absolute atomic E-state index is 11.6. The van der Waals surface area contributed by atoms with Crippen molar-refractivity contribution in [2.45, 2.75) is 25.0 Å². The van der Waals surface area contributed by atoms with E-state index in [0.29, 0.717) is 30.8 Å². The van der Waals surface area contributed by atoms with Crippen molar-refractivity contribution in [2.75, 3.05) is 45.9 Å². The van der Waals surface area contributed by atoms with Crippen molar-refractivity contribution in [1.29, 1.82) is 0 Å². The molecular weight excluding hydrogens is 410 g/mol. The molecule has 2 atom stereocenters. The first-order valence-electron chi connectivity index (χ1n) is 11.2. The summed E-state index contributed by atoms with van der Waals surface area (Å²) in [5.41, 5.74) is 8.69. The number of hydrogen-bond donors (Lipinski definition) is 3. The van der Waals surface area contributed by atoms with Crippen LogP contribution in [0.5, 0.6) is 17.4 Å². The number of benzene rings is 1. The molecule has 1 amide bonds. The first-order chi connectivity index (χ1) is 15.7. The average molecular weight is 440 g/mol. The molecule has 1 aromatic carbocycles. The Morgan fingerprint density at radius 3 is 2.81 bits per heavy atom. The normalized spacial score (nSPS) is 23.1. The number of hydrazine groups is 1. The van der Waals surface area contributed by atoms with Gasteiger partial charge in [0.2, 0.25) is 11.8 Å². The Hall–Kier alpha value is -2.72. The average Bonchev–Trinajstić information content (AvgIpc) is 3.49. The molecule has 2 aromatic rings. The summed E-state index contributed by atoms with van der Waals surface area (Å²) in [5, 5.41) is 9.01. The molecule has 0 spiro atoms. The molecule has 5 rings (SSSR count). The van der Waals surface area contributed by atoms with Gasteiger partial charge in [-0.3, -0.25) is 20.5 Å². The van der Waals surface area contributed by atoms with E-state index in [1.54, 1.807) is 4.90 Å². The maximum atomic E-state index is 11.6. The van der Waals surface area contributed by atoms with E-state index in [1.807, 2.05) is 30.5 Å². The molecule has 3 N–H and O–H groups in total. The molecule has 2 unspecified atom stereocenters. The number of hydrogen-bond acceptors (Lipinski definition) is 8. The van der Waals surface area contributed by atoms with E-state index in [-0.39, 0.29) is 12.0 Å². The monoisotopic (exact) mass is 439 g/mol. The summed E-state index contributed by atoms with van der Waals surface area (Å²) in [6.45, 7) is 4.25. The summed E-state index contributed by atoms with van der Waals surface area (Å²) in [7, 11) is 0. The Balaban J connectivity index is 1.14. The van der Waals surface area contributed by atoms with Gasteiger partial charge in [-0.05, 0) is 23.6 Å². The Bertz CT molecular complexity index is 940. The molecule has 9 heteroatoms. The number of carbonyl (C=O) groups is 1. The number of nitrogens with zero attached hydrogens (tertiary/aromatic N) is 3. The van der Waals surface area contributed by atoms with Gasteiger partial charge in [-0.15, -0.1) is 0 Å². The highest BCUT2D eigenvalue weighted by molar-refractivity contribution is 5.77. The predicted molar refractivity (Wildman–Crippen MR) is 117 cm³/mol. The van der Waals surface area contributed by atoms with Crippen LogP contribution in [0.4, 0.5) is 0 Å². The van der Waals surface area contributed by atoms with Gasteiger partial charge in [-0.25, -0.2) is 4.98 Å². The molecule has 3 aliphatic heterocycles. The van der Waals surface area contributed by atoms with Crippen molar-refractivity contribution in [3.63, 3.8) is 0 Å². The number of rotatable bonds is 6. The molecule has 32 heavy (non-hydrogen) atoms. The number of aliphatic hydroxyl groups excluding tert-OH is 1. The van der Waals surface area contributed by atoms with Crippen molar-refractivity contribution >= 4 is 5.91 Å². The van der Waals surface area contributed by atoms with Gasteiger partial charge in [0.25, 0.3) is 0 Å². The Morgan fingerprint density at radius 2 is 2.09 bits per heavy atom. The van der Waals surface area contributed by atoms with E-state index < -0.39 is 6.61 Å². The van der Waals surface area contributed by atoms with Gasteiger partial charge < -0.3 is 19.5 Å². The number of carbonyl (C=O) groups excluding carboxylic acids is 1. The fourth-order valence-corrected chi connectivity index (χ4v) is 4.53. The second-order valence-electron chi connectivity index (χ2n) is 8.50. The van der Waals surface area contributed by atoms with Gasteiger partial charge >= 0.3 is 0 Å². The molecule has 2 saturated heterocycles. The lowest BCUT2D eigenvalue weighted by molar-refractivity contribution is -0.136. The fraction of sp³-hybridized carbons (Fsp3) is 0.478. The highest BCUT2D eigenvalue weighted by Crippen LogP contribution is 2.34. The van der Waals surface area contributed by atoms with Crippen molar-refractivity contribution in [3.05, 3.63) is 47.7 Å². The summed E-state index contributed by atoms with van der Waals surface area (Å²) < 4.78 is 12.1. The molecule has 0 aliphatic carbocycles. The largest absolute Gasteiger partial charge is 0.488 e. The fourth-order valence-electron chi connectivity index (χ4n) is 4.53. The van der Waals surface area contributed by atoms with Crippen LogP contribution in [0.1, 0.15) is 23.6 Å². The van der Waals surface area contributed by atoms with Gasteiger partial charge in [0, 0.05) is 70.1 Å². The summed E-state index contributed by atoms with van der Waals surface area (Å²) in [4.78, 5) is 20.1. The molecule has 3 aliphatic rings. The topological polar surface area (TPSA) is 99.2 Å². The van der Waals surface area contributed by atoms with Crippen LogP contribution < -0.4 is 20.3 Å². The number of aliphatic hydroxyl groups is 1. The molecule has 0 radical (unpaired) electrons. The second kappa shape index (κ2) is 9.41. The van der Waals surface area contributed by atoms with E-state index >= 15 is 0 Å². The van der Waals surface area contributed by atoms with Crippen LogP contribution in [0.15, 0.2) is 36.5 Å². The Labute approximate surface area is 187 Å². The van der Waals surface area contributed by atoms with Crippen LogP contribution in [-0.4, -0.2) is 77.8 Å². The van der Waals surface area contributed by atoms with Gasteiger partial charge in [-0.1, -0.05) is 12.1 Å². The summed E-state index contributed by atoms with van der Waals surface area (Å²) >= 11 is 0. The van der Waals surface area contributed by atoms with E-state index in [1.165, 1.54) is 5.56 Å². The van der Waals surface area contributed by atoms with E-state index in [0.717, 1.165) is 50.3 Å². The lowest BCUT2D eigenvalue weighted by atomic mass is 10.1. The van der Waals surface area contributed by atoms with Crippen molar-refractivity contribution in [2.24, 2.45) is 0 Å². The highest BCUT2D eigenvalue weighted by atomic mass is 16.5. The summed E-state index contributed by atoms with van der Waals surface area (Å²) in [6, 6.07) is 10.2. The molecule has 0 bridgehead atoms. The minimum absolute atomic E-state index is 0.0882. The standard InChI is InChI=1S/C23H29N5O4/c29-15-23(30)28-9-7-27(8-10-28)14-19-11-16-1-3-18(12-21(16)31-19)32-22-4-2-17(13-24-22)20-5-6-25-26-20/h1-4,12-13,19-20,25-26,29H,5-11,14-15H2. The number of nitrogens with one attached hydrogen (secondary N) is 2. The van der Waals surface area contributed by atoms with Gasteiger partial charge in [0.05, 0.1) is 0 Å². The number of amides is 1. The molecular formula is C23H29N5O4. The van der Waals surface area contributed by atoms with Crippen LogP contribution in [0.3, 0.4) is 0 Å². The first kappa shape index (κ1) is 21.1. The van der Waals surface area contributed by atoms with Gasteiger partial charge in [0.1, 0.15) is 24.2 Å². The molecule has 0 saturated carbocycles. The SMILES string of the molecule is O=C(CO)N1CCN(CC2Cc3ccc(Oc4ccc(C5CCNN5)cn4)cc3O2)CC1. The number of pyridine rings is 1. The zero-order chi connectivity index (χ0) is 21.9. The lowest BCUT2D eigenvalue weighted by Gasteiger charge is -2.35. The zero-order valence-corrected chi connectivity index (χ0v) is 18.0. The highest BCUT2D eigenvalue weighted by Gasteiger charge is 2.28. The summed E-state index contributed by atoms with van der Waals surface area (Å²) in [5.74, 6) is 1.93. The third kappa shape index (κ3) is 4.71. The molecule has 9 nitrogen and oxygen atoms in total. The quantitative estimate of drug-likeness (QED) is 0.610. The molecule has 2 fully saturated rings. The third-order valence-electron chi connectivity index (χ3n) is 6.32. The minimum Gasteiger partial charge on any atom is -0.488 e. The minimum atomic E-state index is -0.416. The predicted octanol–water partition coefficient (Wildman–Crippen LogP) is 0.853. The molecule has 170 valence electrons. The molecule has 4 heterocycles. The maximum Gasteiger partial charge on any atom is 0.248 e. The first-order valence-corrected chi connectivity index (χ1v) is 11.2. The smallest absolute Gasteiger partial charge is 0.248 e.